The third-order valence-corrected chi connectivity index (χ3v) is 7.52. The van der Waals surface area contributed by atoms with E-state index in [2.05, 4.69) is 34.5 Å². The molecule has 1 aliphatic rings. The molecule has 6 heteroatoms. The lowest BCUT2D eigenvalue weighted by Gasteiger charge is -2.33. The van der Waals surface area contributed by atoms with Gasteiger partial charge >= 0.3 is 0 Å². The lowest BCUT2D eigenvalue weighted by molar-refractivity contribution is -0.118. The van der Waals surface area contributed by atoms with E-state index in [1.807, 2.05) is 50.2 Å². The molecule has 1 heterocycles. The number of amides is 1. The average molecular weight is 526 g/mol. The number of hydrogen-bond donors (Lipinski definition) is 1. The highest BCUT2D eigenvalue weighted by Gasteiger charge is 2.23. The zero-order chi connectivity index (χ0) is 25.5. The van der Waals surface area contributed by atoms with Crippen LogP contribution in [0.4, 0.5) is 5.69 Å². The topological polar surface area (TPSA) is 41.6 Å². The van der Waals surface area contributed by atoms with Gasteiger partial charge in [-0.25, -0.2) is 0 Å². The predicted molar refractivity (Wildman–Crippen MR) is 149 cm³/mol. The van der Waals surface area contributed by atoms with Gasteiger partial charge in [0.15, 0.2) is 0 Å². The number of carbonyl (C=O) groups excluding carboxylic acids is 1. The van der Waals surface area contributed by atoms with Gasteiger partial charge in [-0.1, -0.05) is 79.5 Å². The van der Waals surface area contributed by atoms with Crippen molar-refractivity contribution >= 4 is 34.8 Å². The van der Waals surface area contributed by atoms with Crippen LogP contribution in [0.2, 0.25) is 10.0 Å². The maximum Gasteiger partial charge on any atom is 0.226 e. The molecule has 1 aliphatic heterocycles. The van der Waals surface area contributed by atoms with Crippen LogP contribution in [-0.2, 0) is 4.79 Å². The Hall–Kier alpha value is -2.53. The van der Waals surface area contributed by atoms with E-state index in [0.717, 1.165) is 55.9 Å². The van der Waals surface area contributed by atoms with Crippen LogP contribution < -0.4 is 10.1 Å². The number of likely N-dealkylation sites (tertiary alicyclic amines) is 1. The van der Waals surface area contributed by atoms with Gasteiger partial charge in [0, 0.05) is 30.6 Å². The van der Waals surface area contributed by atoms with Gasteiger partial charge in [0.2, 0.25) is 5.91 Å². The number of halogens is 2. The molecule has 0 spiro atoms. The number of benzene rings is 3. The summed E-state index contributed by atoms with van der Waals surface area (Å²) in [6.45, 7) is 6.86. The number of hydrogen-bond acceptors (Lipinski definition) is 3. The van der Waals surface area contributed by atoms with Crippen molar-refractivity contribution in [3.63, 3.8) is 0 Å². The number of rotatable bonds is 9. The highest BCUT2D eigenvalue weighted by molar-refractivity contribution is 6.42. The normalized spacial score (nSPS) is 15.6. The average Bonchev–Trinajstić information content (AvgIpc) is 2.89. The Bertz CT molecular complexity index is 1140. The summed E-state index contributed by atoms with van der Waals surface area (Å²) in [5, 5.41) is 4.05. The van der Waals surface area contributed by atoms with Crippen LogP contribution in [0.1, 0.15) is 56.3 Å². The van der Waals surface area contributed by atoms with Gasteiger partial charge in [0.1, 0.15) is 11.9 Å². The van der Waals surface area contributed by atoms with E-state index in [4.69, 9.17) is 27.9 Å². The summed E-state index contributed by atoms with van der Waals surface area (Å²) >= 11 is 12.3. The Balaban J connectivity index is 1.34. The van der Waals surface area contributed by atoms with Crippen molar-refractivity contribution in [1.82, 2.24) is 4.90 Å². The van der Waals surface area contributed by atoms with Crippen molar-refractivity contribution in [3.05, 3.63) is 94.0 Å². The minimum atomic E-state index is -0.0672. The summed E-state index contributed by atoms with van der Waals surface area (Å²) in [6.07, 6.45) is 3.02. The molecular weight excluding hydrogens is 491 g/mol. The smallest absolute Gasteiger partial charge is 0.226 e. The van der Waals surface area contributed by atoms with Crippen molar-refractivity contribution in [2.45, 2.75) is 45.1 Å². The van der Waals surface area contributed by atoms with E-state index in [-0.39, 0.29) is 17.9 Å². The van der Waals surface area contributed by atoms with Gasteiger partial charge in [0.25, 0.3) is 0 Å². The molecule has 0 aromatic heterocycles. The number of anilines is 1. The summed E-state index contributed by atoms with van der Waals surface area (Å²) in [7, 11) is 0. The zero-order valence-electron chi connectivity index (χ0n) is 20.9. The van der Waals surface area contributed by atoms with E-state index in [1.165, 1.54) is 5.56 Å². The number of nitrogens with zero attached hydrogens (tertiary/aromatic N) is 1. The van der Waals surface area contributed by atoms with Crippen LogP contribution in [0.15, 0.2) is 72.8 Å². The summed E-state index contributed by atoms with van der Waals surface area (Å²) in [5.41, 5.74) is 3.35. The maximum absolute atomic E-state index is 12.1. The van der Waals surface area contributed by atoms with Crippen molar-refractivity contribution in [3.8, 4) is 5.75 Å². The molecule has 0 bridgehead atoms. The molecule has 1 N–H and O–H groups in total. The van der Waals surface area contributed by atoms with Gasteiger partial charge in [-0.15, -0.1) is 0 Å². The first-order chi connectivity index (χ1) is 17.4. The highest BCUT2D eigenvalue weighted by Crippen LogP contribution is 2.33. The summed E-state index contributed by atoms with van der Waals surface area (Å²) in [4.78, 5) is 14.6. The van der Waals surface area contributed by atoms with Crippen molar-refractivity contribution < 1.29 is 9.53 Å². The van der Waals surface area contributed by atoms with Gasteiger partial charge in [0.05, 0.1) is 10.0 Å². The fourth-order valence-corrected chi connectivity index (χ4v) is 4.91. The maximum atomic E-state index is 12.1. The Morgan fingerprint density at radius 2 is 1.72 bits per heavy atom. The Morgan fingerprint density at radius 1 is 0.972 bits per heavy atom. The number of ether oxygens (including phenoxy) is 1. The minimum Gasteiger partial charge on any atom is -0.486 e. The van der Waals surface area contributed by atoms with E-state index in [9.17, 15) is 4.79 Å². The molecule has 1 fully saturated rings. The molecule has 190 valence electrons. The van der Waals surface area contributed by atoms with Crippen LogP contribution in [0.3, 0.4) is 0 Å². The second-order valence-electron chi connectivity index (χ2n) is 9.77. The second kappa shape index (κ2) is 12.6. The Kier molecular flexibility index (Phi) is 9.30. The lowest BCUT2D eigenvalue weighted by atomic mass is 9.89. The molecule has 4 nitrogen and oxygen atoms in total. The molecule has 4 rings (SSSR count). The number of carbonyl (C=O) groups is 1. The Labute approximate surface area is 224 Å². The second-order valence-corrected chi connectivity index (χ2v) is 10.6. The standard InChI is InChI=1S/C30H34Cl2N2O2/c1-21(2)30(35)33-25-10-6-9-24(19-25)22-13-16-34(17-14-22)18-15-29(23-7-4-3-5-8-23)36-26-11-12-27(31)28(32)20-26/h3-12,19-22,29H,13-18H2,1-2H3,(H,33,35). The molecule has 36 heavy (non-hydrogen) atoms. The molecule has 1 unspecified atom stereocenters. The van der Waals surface area contributed by atoms with Crippen LogP contribution in [0.5, 0.6) is 5.75 Å². The summed E-state index contributed by atoms with van der Waals surface area (Å²) < 4.78 is 6.38. The fraction of sp³-hybridized carbons (Fsp3) is 0.367. The van der Waals surface area contributed by atoms with E-state index in [1.54, 1.807) is 12.1 Å². The van der Waals surface area contributed by atoms with Crippen LogP contribution in [0, 0.1) is 5.92 Å². The fourth-order valence-electron chi connectivity index (χ4n) is 4.62. The van der Waals surface area contributed by atoms with Gasteiger partial charge in [-0.05, 0) is 67.2 Å². The minimum absolute atomic E-state index is 0.0303. The summed E-state index contributed by atoms with van der Waals surface area (Å²) in [5.74, 6) is 1.26. The van der Waals surface area contributed by atoms with Crippen LogP contribution in [0.25, 0.3) is 0 Å². The number of nitrogens with one attached hydrogen (secondary N) is 1. The van der Waals surface area contributed by atoms with E-state index in [0.29, 0.717) is 16.0 Å². The SMILES string of the molecule is CC(C)C(=O)Nc1cccc(C2CCN(CCC(Oc3ccc(Cl)c(Cl)c3)c3ccccc3)CC2)c1. The van der Waals surface area contributed by atoms with Crippen LogP contribution >= 0.6 is 23.2 Å². The van der Waals surface area contributed by atoms with E-state index < -0.39 is 0 Å². The molecule has 1 saturated heterocycles. The molecule has 3 aromatic rings. The molecule has 1 amide bonds. The molecule has 1 atom stereocenters. The van der Waals surface area contributed by atoms with E-state index >= 15 is 0 Å². The van der Waals surface area contributed by atoms with Gasteiger partial charge < -0.3 is 15.0 Å². The molecular formula is C30H34Cl2N2O2. The predicted octanol–water partition coefficient (Wildman–Crippen LogP) is 7.98. The third kappa shape index (κ3) is 7.25. The largest absolute Gasteiger partial charge is 0.486 e. The lowest BCUT2D eigenvalue weighted by Crippen LogP contribution is -2.34. The molecule has 0 aliphatic carbocycles. The monoisotopic (exact) mass is 524 g/mol. The first kappa shape index (κ1) is 26.5. The Morgan fingerprint density at radius 3 is 2.42 bits per heavy atom. The zero-order valence-corrected chi connectivity index (χ0v) is 22.4. The van der Waals surface area contributed by atoms with Gasteiger partial charge in [-0.2, -0.15) is 0 Å². The molecule has 3 aromatic carbocycles. The number of piperidine rings is 1. The van der Waals surface area contributed by atoms with Gasteiger partial charge in [-0.3, -0.25) is 4.79 Å². The first-order valence-electron chi connectivity index (χ1n) is 12.7. The van der Waals surface area contributed by atoms with Crippen molar-refractivity contribution in [2.24, 2.45) is 5.92 Å². The van der Waals surface area contributed by atoms with Crippen LogP contribution in [-0.4, -0.2) is 30.4 Å². The first-order valence-corrected chi connectivity index (χ1v) is 13.4. The molecule has 0 saturated carbocycles. The van der Waals surface area contributed by atoms with Crippen molar-refractivity contribution in [2.75, 3.05) is 25.0 Å². The molecule has 0 radical (unpaired) electrons. The quantitative estimate of drug-likeness (QED) is 0.308. The highest BCUT2D eigenvalue weighted by atomic mass is 35.5. The van der Waals surface area contributed by atoms with Crippen molar-refractivity contribution in [1.29, 1.82) is 0 Å². The summed E-state index contributed by atoms with van der Waals surface area (Å²) in [6, 6.07) is 24.1. The third-order valence-electron chi connectivity index (χ3n) is 6.79.